The number of carboxylic acid groups (broad SMARTS) is 1. The molecule has 0 bridgehead atoms. The lowest BCUT2D eigenvalue weighted by molar-refractivity contribution is 0.0698. The molecule has 5 heteroatoms. The average Bonchev–Trinajstić information content (AvgIpc) is 2.31. The van der Waals surface area contributed by atoms with E-state index in [1.54, 1.807) is 24.0 Å². The zero-order chi connectivity index (χ0) is 14.6. The Labute approximate surface area is 113 Å². The van der Waals surface area contributed by atoms with Gasteiger partial charge < -0.3 is 15.3 Å². The second-order valence-corrected chi connectivity index (χ2v) is 4.61. The molecule has 2 amide bonds. The number of carbonyl (C=O) groups excluding carboxylic acids is 1. The quantitative estimate of drug-likeness (QED) is 0.878. The summed E-state index contributed by atoms with van der Waals surface area (Å²) in [5.41, 5.74) is 1.19. The molecule has 0 heterocycles. The van der Waals surface area contributed by atoms with Gasteiger partial charge in [0.05, 0.1) is 11.3 Å². The Morgan fingerprint density at radius 2 is 2.00 bits per heavy atom. The highest BCUT2D eigenvalue weighted by atomic mass is 16.4. The van der Waals surface area contributed by atoms with Crippen LogP contribution < -0.4 is 5.32 Å². The van der Waals surface area contributed by atoms with Gasteiger partial charge in [-0.15, -0.1) is 0 Å². The Bertz CT molecular complexity index is 484. The number of benzene rings is 1. The van der Waals surface area contributed by atoms with E-state index in [1.807, 2.05) is 20.8 Å². The number of para-hydroxylation sites is 1. The molecule has 0 unspecified atom stereocenters. The van der Waals surface area contributed by atoms with Crippen molar-refractivity contribution in [3.8, 4) is 0 Å². The Kier molecular flexibility index (Phi) is 4.92. The lowest BCUT2D eigenvalue weighted by atomic mass is 10.1. The van der Waals surface area contributed by atoms with Crippen LogP contribution in [-0.2, 0) is 0 Å². The summed E-state index contributed by atoms with van der Waals surface area (Å²) >= 11 is 0. The summed E-state index contributed by atoms with van der Waals surface area (Å²) in [6, 6.07) is 4.69. The van der Waals surface area contributed by atoms with E-state index < -0.39 is 5.97 Å². The third-order valence-corrected chi connectivity index (χ3v) is 2.96. The molecule has 0 aliphatic heterocycles. The molecule has 0 aliphatic carbocycles. The minimum absolute atomic E-state index is 0.0577. The number of nitrogens with zero attached hydrogens (tertiary/aromatic N) is 1. The van der Waals surface area contributed by atoms with Crippen LogP contribution in [0, 0.1) is 6.92 Å². The first-order valence-electron chi connectivity index (χ1n) is 6.29. The molecule has 19 heavy (non-hydrogen) atoms. The van der Waals surface area contributed by atoms with Gasteiger partial charge in [0, 0.05) is 12.6 Å². The highest BCUT2D eigenvalue weighted by molar-refractivity contribution is 6.01. The van der Waals surface area contributed by atoms with Crippen molar-refractivity contribution in [3.63, 3.8) is 0 Å². The number of aromatic carboxylic acids is 1. The summed E-state index contributed by atoms with van der Waals surface area (Å²) in [5, 5.41) is 11.8. The summed E-state index contributed by atoms with van der Waals surface area (Å²) in [5.74, 6) is -1.05. The van der Waals surface area contributed by atoms with Gasteiger partial charge in [-0.05, 0) is 39.3 Å². The summed E-state index contributed by atoms with van der Waals surface area (Å²) in [6.45, 7) is 8.05. The standard InChI is InChI=1S/C14H20N2O3/c1-5-16(9(2)3)14(19)15-12-10(4)7-6-8-11(12)13(17)18/h6-9H,5H2,1-4H3,(H,15,19)(H,17,18). The number of nitrogens with one attached hydrogen (secondary N) is 1. The van der Waals surface area contributed by atoms with Gasteiger partial charge in [-0.2, -0.15) is 0 Å². The molecule has 0 saturated carbocycles. The largest absolute Gasteiger partial charge is 0.478 e. The van der Waals surface area contributed by atoms with E-state index >= 15 is 0 Å². The first kappa shape index (κ1) is 15.0. The minimum atomic E-state index is -1.05. The first-order valence-corrected chi connectivity index (χ1v) is 6.29. The smallest absolute Gasteiger partial charge is 0.337 e. The number of carboxylic acids is 1. The maximum Gasteiger partial charge on any atom is 0.337 e. The van der Waals surface area contributed by atoms with Gasteiger partial charge in [-0.3, -0.25) is 0 Å². The summed E-state index contributed by atoms with van der Waals surface area (Å²) in [4.78, 5) is 24.9. The summed E-state index contributed by atoms with van der Waals surface area (Å²) < 4.78 is 0. The van der Waals surface area contributed by atoms with Crippen LogP contribution in [0.4, 0.5) is 10.5 Å². The summed E-state index contributed by atoms with van der Waals surface area (Å²) in [6.07, 6.45) is 0. The predicted molar refractivity (Wildman–Crippen MR) is 74.7 cm³/mol. The van der Waals surface area contributed by atoms with Gasteiger partial charge in [0.25, 0.3) is 0 Å². The number of anilines is 1. The highest BCUT2D eigenvalue weighted by Crippen LogP contribution is 2.21. The zero-order valence-electron chi connectivity index (χ0n) is 11.7. The Hall–Kier alpha value is -2.04. The zero-order valence-corrected chi connectivity index (χ0v) is 11.7. The van der Waals surface area contributed by atoms with Gasteiger partial charge in [0.2, 0.25) is 0 Å². The third kappa shape index (κ3) is 3.47. The van der Waals surface area contributed by atoms with Crippen molar-refractivity contribution in [1.29, 1.82) is 0 Å². The van der Waals surface area contributed by atoms with E-state index in [1.165, 1.54) is 6.07 Å². The van der Waals surface area contributed by atoms with Gasteiger partial charge in [-0.1, -0.05) is 12.1 Å². The van der Waals surface area contributed by atoms with Gasteiger partial charge in [0.1, 0.15) is 0 Å². The molecule has 0 radical (unpaired) electrons. The minimum Gasteiger partial charge on any atom is -0.478 e. The number of aryl methyl sites for hydroxylation is 1. The molecule has 0 spiro atoms. The lowest BCUT2D eigenvalue weighted by Gasteiger charge is -2.26. The van der Waals surface area contributed by atoms with E-state index in [2.05, 4.69) is 5.32 Å². The maximum atomic E-state index is 12.1. The van der Waals surface area contributed by atoms with E-state index in [0.29, 0.717) is 12.2 Å². The number of hydrogen-bond donors (Lipinski definition) is 2. The number of urea groups is 1. The molecular formula is C14H20N2O3. The average molecular weight is 264 g/mol. The maximum absolute atomic E-state index is 12.1. The predicted octanol–water partition coefficient (Wildman–Crippen LogP) is 2.96. The SMILES string of the molecule is CCN(C(=O)Nc1c(C)cccc1C(=O)O)C(C)C. The van der Waals surface area contributed by atoms with Crippen LogP contribution in [0.5, 0.6) is 0 Å². The van der Waals surface area contributed by atoms with Crippen molar-refractivity contribution in [2.75, 3.05) is 11.9 Å². The molecule has 5 nitrogen and oxygen atoms in total. The van der Waals surface area contributed by atoms with E-state index in [4.69, 9.17) is 5.11 Å². The van der Waals surface area contributed by atoms with Crippen LogP contribution in [0.2, 0.25) is 0 Å². The molecule has 2 N–H and O–H groups in total. The van der Waals surface area contributed by atoms with Crippen LogP contribution in [0.1, 0.15) is 36.7 Å². The van der Waals surface area contributed by atoms with Crippen molar-refractivity contribution in [2.45, 2.75) is 33.7 Å². The van der Waals surface area contributed by atoms with Gasteiger partial charge in [0.15, 0.2) is 0 Å². The van der Waals surface area contributed by atoms with Crippen LogP contribution in [0.25, 0.3) is 0 Å². The Morgan fingerprint density at radius 1 is 1.37 bits per heavy atom. The molecule has 0 aromatic heterocycles. The van der Waals surface area contributed by atoms with Gasteiger partial charge in [-0.25, -0.2) is 9.59 Å². The molecule has 0 fully saturated rings. The van der Waals surface area contributed by atoms with Crippen molar-refractivity contribution >= 4 is 17.7 Å². The fourth-order valence-electron chi connectivity index (χ4n) is 1.93. The normalized spacial score (nSPS) is 10.4. The second-order valence-electron chi connectivity index (χ2n) is 4.61. The molecule has 0 aliphatic rings. The molecule has 0 saturated heterocycles. The first-order chi connectivity index (χ1) is 8.88. The van der Waals surface area contributed by atoms with Crippen molar-refractivity contribution in [3.05, 3.63) is 29.3 Å². The van der Waals surface area contributed by atoms with Crippen LogP contribution in [0.3, 0.4) is 0 Å². The number of rotatable bonds is 4. The summed E-state index contributed by atoms with van der Waals surface area (Å²) in [7, 11) is 0. The van der Waals surface area contributed by atoms with Crippen LogP contribution in [0.15, 0.2) is 18.2 Å². The molecule has 104 valence electrons. The number of carbonyl (C=O) groups is 2. The molecule has 1 aromatic rings. The van der Waals surface area contributed by atoms with E-state index in [0.717, 1.165) is 5.56 Å². The van der Waals surface area contributed by atoms with E-state index in [-0.39, 0.29) is 17.6 Å². The fourth-order valence-corrected chi connectivity index (χ4v) is 1.93. The van der Waals surface area contributed by atoms with Crippen molar-refractivity contribution < 1.29 is 14.7 Å². The molecule has 0 atom stereocenters. The number of amides is 2. The second kappa shape index (κ2) is 6.22. The number of hydrogen-bond acceptors (Lipinski definition) is 2. The monoisotopic (exact) mass is 264 g/mol. The molecule has 1 aromatic carbocycles. The fraction of sp³-hybridized carbons (Fsp3) is 0.429. The lowest BCUT2D eigenvalue weighted by Crippen LogP contribution is -2.40. The van der Waals surface area contributed by atoms with E-state index in [9.17, 15) is 9.59 Å². The molecule has 1 rings (SSSR count). The Balaban J connectivity index is 3.05. The topological polar surface area (TPSA) is 69.6 Å². The van der Waals surface area contributed by atoms with Crippen molar-refractivity contribution in [2.24, 2.45) is 0 Å². The third-order valence-electron chi connectivity index (χ3n) is 2.96. The van der Waals surface area contributed by atoms with Crippen molar-refractivity contribution in [1.82, 2.24) is 4.90 Å². The Morgan fingerprint density at radius 3 is 2.47 bits per heavy atom. The van der Waals surface area contributed by atoms with Gasteiger partial charge >= 0.3 is 12.0 Å². The van der Waals surface area contributed by atoms with Crippen LogP contribution >= 0.6 is 0 Å². The highest BCUT2D eigenvalue weighted by Gasteiger charge is 2.19. The van der Waals surface area contributed by atoms with Crippen LogP contribution in [-0.4, -0.2) is 34.6 Å². The molecular weight excluding hydrogens is 244 g/mol.